The number of aryl methyl sites for hydroxylation is 1. The minimum Gasteiger partial charge on any atom is -0.379 e. The first-order valence-electron chi connectivity index (χ1n) is 5.16. The highest BCUT2D eigenvalue weighted by atomic mass is 35.5. The standard InChI is InChI=1S/C12H14ClN3/c1-8-11(13)4-3-5-12(8)15-7-10-6-14-9(2)16-10/h3-6,15H,7H2,1-2H3,(H,14,16). The number of halogens is 1. The third kappa shape index (κ3) is 2.36. The lowest BCUT2D eigenvalue weighted by molar-refractivity contribution is 1.04. The number of rotatable bonds is 3. The van der Waals surface area contributed by atoms with Gasteiger partial charge in [0.1, 0.15) is 5.82 Å². The minimum atomic E-state index is 0.724. The van der Waals surface area contributed by atoms with Gasteiger partial charge < -0.3 is 10.3 Å². The Labute approximate surface area is 99.9 Å². The van der Waals surface area contributed by atoms with E-state index in [9.17, 15) is 0 Å². The zero-order valence-corrected chi connectivity index (χ0v) is 10.1. The van der Waals surface area contributed by atoms with Crippen LogP contribution in [0.15, 0.2) is 24.4 Å². The van der Waals surface area contributed by atoms with Crippen LogP contribution in [-0.2, 0) is 6.54 Å². The van der Waals surface area contributed by atoms with Crippen molar-refractivity contribution in [1.29, 1.82) is 0 Å². The number of imidazole rings is 1. The van der Waals surface area contributed by atoms with E-state index in [0.717, 1.165) is 34.3 Å². The van der Waals surface area contributed by atoms with Gasteiger partial charge in [-0.15, -0.1) is 0 Å². The van der Waals surface area contributed by atoms with E-state index >= 15 is 0 Å². The fraction of sp³-hybridized carbons (Fsp3) is 0.250. The first kappa shape index (κ1) is 11.0. The molecule has 0 bridgehead atoms. The van der Waals surface area contributed by atoms with E-state index in [1.54, 1.807) is 0 Å². The number of H-pyrrole nitrogens is 1. The quantitative estimate of drug-likeness (QED) is 0.857. The van der Waals surface area contributed by atoms with E-state index in [1.807, 2.05) is 38.2 Å². The van der Waals surface area contributed by atoms with Crippen LogP contribution in [-0.4, -0.2) is 9.97 Å². The molecule has 0 spiro atoms. The van der Waals surface area contributed by atoms with Gasteiger partial charge in [-0.3, -0.25) is 0 Å². The predicted molar refractivity (Wildman–Crippen MR) is 66.8 cm³/mol. The molecule has 1 aromatic carbocycles. The summed E-state index contributed by atoms with van der Waals surface area (Å²) in [6, 6.07) is 5.85. The summed E-state index contributed by atoms with van der Waals surface area (Å²) in [5, 5.41) is 4.11. The van der Waals surface area contributed by atoms with Crippen molar-refractivity contribution in [2.75, 3.05) is 5.32 Å². The van der Waals surface area contributed by atoms with Crippen molar-refractivity contribution in [3.63, 3.8) is 0 Å². The monoisotopic (exact) mass is 235 g/mol. The van der Waals surface area contributed by atoms with Gasteiger partial charge in [0.2, 0.25) is 0 Å². The highest BCUT2D eigenvalue weighted by molar-refractivity contribution is 6.31. The van der Waals surface area contributed by atoms with Gasteiger partial charge in [0.05, 0.1) is 18.4 Å². The second kappa shape index (κ2) is 4.58. The van der Waals surface area contributed by atoms with Crippen LogP contribution in [0.1, 0.15) is 17.1 Å². The van der Waals surface area contributed by atoms with Crippen LogP contribution in [0, 0.1) is 13.8 Å². The molecule has 0 atom stereocenters. The zero-order chi connectivity index (χ0) is 11.5. The van der Waals surface area contributed by atoms with E-state index in [-0.39, 0.29) is 0 Å². The van der Waals surface area contributed by atoms with E-state index in [1.165, 1.54) is 0 Å². The molecule has 0 saturated heterocycles. The van der Waals surface area contributed by atoms with Crippen LogP contribution in [0.4, 0.5) is 5.69 Å². The number of benzene rings is 1. The molecule has 2 aromatic rings. The Morgan fingerprint density at radius 2 is 2.19 bits per heavy atom. The number of aromatic amines is 1. The topological polar surface area (TPSA) is 40.7 Å². The Morgan fingerprint density at radius 1 is 1.38 bits per heavy atom. The summed E-state index contributed by atoms with van der Waals surface area (Å²) in [6.07, 6.45) is 1.84. The third-order valence-electron chi connectivity index (χ3n) is 2.49. The summed E-state index contributed by atoms with van der Waals surface area (Å²) in [7, 11) is 0. The van der Waals surface area contributed by atoms with Gasteiger partial charge in [-0.2, -0.15) is 0 Å². The third-order valence-corrected chi connectivity index (χ3v) is 2.90. The highest BCUT2D eigenvalue weighted by Gasteiger charge is 2.02. The number of anilines is 1. The summed E-state index contributed by atoms with van der Waals surface area (Å²) >= 11 is 6.04. The Hall–Kier alpha value is -1.48. The summed E-state index contributed by atoms with van der Waals surface area (Å²) in [6.45, 7) is 4.67. The molecule has 0 unspecified atom stereocenters. The van der Waals surface area contributed by atoms with Crippen molar-refractivity contribution in [3.8, 4) is 0 Å². The molecule has 2 N–H and O–H groups in total. The van der Waals surface area contributed by atoms with Gasteiger partial charge >= 0.3 is 0 Å². The smallest absolute Gasteiger partial charge is 0.103 e. The summed E-state index contributed by atoms with van der Waals surface area (Å²) in [4.78, 5) is 7.32. The lowest BCUT2D eigenvalue weighted by Gasteiger charge is -2.09. The predicted octanol–water partition coefficient (Wildman–Crippen LogP) is 3.29. The van der Waals surface area contributed by atoms with E-state index < -0.39 is 0 Å². The fourth-order valence-corrected chi connectivity index (χ4v) is 1.73. The average Bonchev–Trinajstić information content (AvgIpc) is 2.67. The molecule has 0 amide bonds. The first-order chi connectivity index (χ1) is 7.66. The first-order valence-corrected chi connectivity index (χ1v) is 5.54. The van der Waals surface area contributed by atoms with Crippen molar-refractivity contribution >= 4 is 17.3 Å². The number of nitrogens with zero attached hydrogens (tertiary/aromatic N) is 1. The van der Waals surface area contributed by atoms with Crippen LogP contribution in [0.3, 0.4) is 0 Å². The van der Waals surface area contributed by atoms with Gasteiger partial charge in [-0.25, -0.2) is 4.98 Å². The normalized spacial score (nSPS) is 10.4. The molecular formula is C12H14ClN3. The van der Waals surface area contributed by atoms with Gasteiger partial charge in [0, 0.05) is 10.7 Å². The minimum absolute atomic E-state index is 0.724. The Kier molecular flexibility index (Phi) is 3.15. The maximum absolute atomic E-state index is 6.04. The summed E-state index contributed by atoms with van der Waals surface area (Å²) in [5.41, 5.74) is 3.19. The van der Waals surface area contributed by atoms with Crippen LogP contribution < -0.4 is 5.32 Å². The molecule has 0 radical (unpaired) electrons. The molecule has 84 valence electrons. The molecular weight excluding hydrogens is 222 g/mol. The van der Waals surface area contributed by atoms with Crippen molar-refractivity contribution in [2.45, 2.75) is 20.4 Å². The number of aromatic nitrogens is 2. The summed E-state index contributed by atoms with van der Waals surface area (Å²) < 4.78 is 0. The molecule has 1 heterocycles. The molecule has 0 aliphatic rings. The Bertz CT molecular complexity index is 491. The van der Waals surface area contributed by atoms with Crippen LogP contribution in [0.25, 0.3) is 0 Å². The lowest BCUT2D eigenvalue weighted by atomic mass is 10.2. The van der Waals surface area contributed by atoms with E-state index in [4.69, 9.17) is 11.6 Å². The molecule has 2 rings (SSSR count). The SMILES string of the molecule is Cc1ncc(CNc2cccc(Cl)c2C)[nH]1. The summed E-state index contributed by atoms with van der Waals surface area (Å²) in [5.74, 6) is 0.930. The molecule has 16 heavy (non-hydrogen) atoms. The van der Waals surface area contributed by atoms with E-state index in [2.05, 4.69) is 15.3 Å². The highest BCUT2D eigenvalue weighted by Crippen LogP contribution is 2.23. The molecule has 0 aliphatic heterocycles. The number of hydrogen-bond donors (Lipinski definition) is 2. The van der Waals surface area contributed by atoms with Gasteiger partial charge in [-0.05, 0) is 31.5 Å². The molecule has 3 nitrogen and oxygen atoms in total. The van der Waals surface area contributed by atoms with Crippen molar-refractivity contribution < 1.29 is 0 Å². The second-order valence-corrected chi connectivity index (χ2v) is 4.17. The van der Waals surface area contributed by atoms with Crippen molar-refractivity contribution in [3.05, 3.63) is 46.5 Å². The molecule has 0 saturated carbocycles. The molecule has 0 fully saturated rings. The van der Waals surface area contributed by atoms with Crippen molar-refractivity contribution in [1.82, 2.24) is 9.97 Å². The van der Waals surface area contributed by atoms with Gasteiger partial charge in [0.15, 0.2) is 0 Å². The number of hydrogen-bond acceptors (Lipinski definition) is 2. The fourth-order valence-electron chi connectivity index (χ4n) is 1.55. The van der Waals surface area contributed by atoms with Gasteiger partial charge in [-0.1, -0.05) is 17.7 Å². The molecule has 4 heteroatoms. The van der Waals surface area contributed by atoms with Crippen LogP contribution >= 0.6 is 11.6 Å². The van der Waals surface area contributed by atoms with E-state index in [0.29, 0.717) is 0 Å². The zero-order valence-electron chi connectivity index (χ0n) is 9.34. The van der Waals surface area contributed by atoms with Crippen LogP contribution in [0.5, 0.6) is 0 Å². The average molecular weight is 236 g/mol. The Morgan fingerprint density at radius 3 is 2.88 bits per heavy atom. The maximum atomic E-state index is 6.04. The maximum Gasteiger partial charge on any atom is 0.103 e. The second-order valence-electron chi connectivity index (χ2n) is 3.76. The molecule has 0 aliphatic carbocycles. The number of nitrogens with one attached hydrogen (secondary N) is 2. The lowest BCUT2D eigenvalue weighted by Crippen LogP contribution is -2.01. The van der Waals surface area contributed by atoms with Crippen molar-refractivity contribution in [2.24, 2.45) is 0 Å². The van der Waals surface area contributed by atoms with Crippen LogP contribution in [0.2, 0.25) is 5.02 Å². The molecule has 1 aromatic heterocycles. The largest absolute Gasteiger partial charge is 0.379 e. The van der Waals surface area contributed by atoms with Gasteiger partial charge in [0.25, 0.3) is 0 Å². The Balaban J connectivity index is 2.07.